The Morgan fingerprint density at radius 3 is 1.92 bits per heavy atom. The minimum absolute atomic E-state index is 0.0555. The van der Waals surface area contributed by atoms with E-state index in [0.717, 1.165) is 12.8 Å². The van der Waals surface area contributed by atoms with Crippen LogP contribution in [0.3, 0.4) is 0 Å². The molecule has 26 heavy (non-hydrogen) atoms. The van der Waals surface area contributed by atoms with E-state index >= 15 is 0 Å². The topological polar surface area (TPSA) is 52.6 Å². The Morgan fingerprint density at radius 1 is 0.808 bits per heavy atom. The van der Waals surface area contributed by atoms with Gasteiger partial charge in [-0.1, -0.05) is 48.6 Å². The van der Waals surface area contributed by atoms with Crippen LogP contribution in [-0.4, -0.2) is 25.2 Å². The lowest BCUT2D eigenvalue weighted by atomic mass is 9.85. The van der Waals surface area contributed by atoms with Crippen LogP contribution in [0.5, 0.6) is 0 Å². The van der Waals surface area contributed by atoms with Gasteiger partial charge in [0, 0.05) is 11.8 Å². The van der Waals surface area contributed by atoms with E-state index in [2.05, 4.69) is 12.2 Å². The molecule has 0 unspecified atom stereocenters. The molecular weight excluding hydrogens is 328 g/mol. The summed E-state index contributed by atoms with van der Waals surface area (Å²) in [5, 5.41) is 0. The van der Waals surface area contributed by atoms with Crippen LogP contribution in [0.15, 0.2) is 72.8 Å². The molecule has 0 bridgehead atoms. The maximum atomic E-state index is 12.1. The zero-order valence-electron chi connectivity index (χ0n) is 14.5. The van der Waals surface area contributed by atoms with Gasteiger partial charge in [-0.25, -0.2) is 9.59 Å². The molecule has 3 rings (SSSR count). The van der Waals surface area contributed by atoms with E-state index in [9.17, 15) is 9.59 Å². The highest BCUT2D eigenvalue weighted by Gasteiger charge is 2.25. The van der Waals surface area contributed by atoms with Gasteiger partial charge in [0.05, 0.1) is 24.3 Å². The van der Waals surface area contributed by atoms with Crippen molar-refractivity contribution < 1.29 is 19.1 Å². The SMILES string of the molecule is O=C(OC[C@H]1CCC=C[C@@H]1COC(=O)c1ccccc1)c1ccccc1. The molecule has 0 aliphatic heterocycles. The molecule has 1 aliphatic rings. The predicted molar refractivity (Wildman–Crippen MR) is 98.8 cm³/mol. The van der Waals surface area contributed by atoms with Gasteiger partial charge in [-0.05, 0) is 37.1 Å². The standard InChI is InChI=1S/C22H22O4/c23-21(17-9-3-1-4-10-17)25-15-19-13-7-8-14-20(19)16-26-22(24)18-11-5-2-6-12-18/h1-7,9-13,19-20H,8,14-16H2/t19-,20-/m1/s1. The van der Waals surface area contributed by atoms with Crippen molar-refractivity contribution in [3.8, 4) is 0 Å². The second-order valence-electron chi connectivity index (χ2n) is 6.36. The third-order valence-electron chi connectivity index (χ3n) is 4.55. The number of rotatable bonds is 6. The minimum atomic E-state index is -0.329. The van der Waals surface area contributed by atoms with Gasteiger partial charge in [-0.2, -0.15) is 0 Å². The molecule has 0 heterocycles. The van der Waals surface area contributed by atoms with Crippen LogP contribution >= 0.6 is 0 Å². The zero-order chi connectivity index (χ0) is 18.2. The maximum absolute atomic E-state index is 12.1. The number of ether oxygens (including phenoxy) is 2. The second-order valence-corrected chi connectivity index (χ2v) is 6.36. The van der Waals surface area contributed by atoms with Gasteiger partial charge in [-0.3, -0.25) is 0 Å². The molecule has 0 saturated carbocycles. The fourth-order valence-electron chi connectivity index (χ4n) is 3.02. The van der Waals surface area contributed by atoms with E-state index in [1.54, 1.807) is 24.3 Å². The Kier molecular flexibility index (Phi) is 6.20. The lowest BCUT2D eigenvalue weighted by Crippen LogP contribution is -2.27. The summed E-state index contributed by atoms with van der Waals surface area (Å²) >= 11 is 0. The molecule has 0 spiro atoms. The van der Waals surface area contributed by atoms with Crippen LogP contribution in [0.4, 0.5) is 0 Å². The molecule has 0 amide bonds. The summed E-state index contributed by atoms with van der Waals surface area (Å²) in [4.78, 5) is 24.2. The molecule has 2 aromatic carbocycles. The molecule has 4 heteroatoms. The Morgan fingerprint density at radius 2 is 1.35 bits per heavy atom. The normalized spacial score (nSPS) is 18.9. The van der Waals surface area contributed by atoms with E-state index in [0.29, 0.717) is 17.7 Å². The second kappa shape index (κ2) is 8.99. The van der Waals surface area contributed by atoms with E-state index in [4.69, 9.17) is 9.47 Å². The number of esters is 2. The summed E-state index contributed by atoms with van der Waals surface area (Å²) < 4.78 is 10.9. The highest BCUT2D eigenvalue weighted by molar-refractivity contribution is 5.89. The van der Waals surface area contributed by atoms with Crippen molar-refractivity contribution in [3.05, 3.63) is 83.9 Å². The lowest BCUT2D eigenvalue weighted by molar-refractivity contribution is 0.0260. The number of hydrogen-bond donors (Lipinski definition) is 0. The van der Waals surface area contributed by atoms with E-state index in [1.165, 1.54) is 0 Å². The zero-order valence-corrected chi connectivity index (χ0v) is 14.5. The first-order valence-corrected chi connectivity index (χ1v) is 8.85. The quantitative estimate of drug-likeness (QED) is 0.576. The van der Waals surface area contributed by atoms with E-state index in [1.807, 2.05) is 36.4 Å². The maximum Gasteiger partial charge on any atom is 0.338 e. The summed E-state index contributed by atoms with van der Waals surface area (Å²) in [6.07, 6.45) is 6.00. The van der Waals surface area contributed by atoms with Gasteiger partial charge in [0.1, 0.15) is 0 Å². The van der Waals surface area contributed by atoms with Gasteiger partial charge in [-0.15, -0.1) is 0 Å². The molecular formula is C22H22O4. The van der Waals surface area contributed by atoms with Gasteiger partial charge >= 0.3 is 11.9 Å². The Labute approximate surface area is 153 Å². The molecule has 2 atom stereocenters. The van der Waals surface area contributed by atoms with Crippen molar-refractivity contribution in [2.75, 3.05) is 13.2 Å². The van der Waals surface area contributed by atoms with Crippen LogP contribution in [0.1, 0.15) is 33.6 Å². The Hall–Kier alpha value is -2.88. The summed E-state index contributed by atoms with van der Waals surface area (Å²) in [5.74, 6) is -0.444. The third kappa shape index (κ3) is 4.82. The van der Waals surface area contributed by atoms with Crippen LogP contribution < -0.4 is 0 Å². The average Bonchev–Trinajstić information content (AvgIpc) is 2.72. The predicted octanol–water partition coefficient (Wildman–Crippen LogP) is 4.28. The third-order valence-corrected chi connectivity index (χ3v) is 4.55. The molecule has 1 aliphatic carbocycles. The summed E-state index contributed by atoms with van der Waals surface area (Å²) in [6, 6.07) is 17.9. The monoisotopic (exact) mass is 350 g/mol. The van der Waals surface area contributed by atoms with Crippen molar-refractivity contribution in [2.45, 2.75) is 12.8 Å². The highest BCUT2D eigenvalue weighted by Crippen LogP contribution is 2.26. The van der Waals surface area contributed by atoms with E-state index in [-0.39, 0.29) is 30.4 Å². The van der Waals surface area contributed by atoms with Crippen molar-refractivity contribution in [3.63, 3.8) is 0 Å². The summed E-state index contributed by atoms with van der Waals surface area (Å²) in [6.45, 7) is 0.614. The number of benzene rings is 2. The first-order chi connectivity index (χ1) is 12.7. The number of carbonyl (C=O) groups excluding carboxylic acids is 2. The molecule has 134 valence electrons. The first-order valence-electron chi connectivity index (χ1n) is 8.85. The fraction of sp³-hybridized carbons (Fsp3) is 0.273. The average molecular weight is 350 g/mol. The Balaban J connectivity index is 1.53. The Bertz CT molecular complexity index is 752. The van der Waals surface area contributed by atoms with Crippen molar-refractivity contribution in [2.24, 2.45) is 11.8 Å². The fourth-order valence-corrected chi connectivity index (χ4v) is 3.02. The van der Waals surface area contributed by atoms with Crippen LogP contribution in [0, 0.1) is 11.8 Å². The van der Waals surface area contributed by atoms with Gasteiger partial charge < -0.3 is 9.47 Å². The number of carbonyl (C=O) groups is 2. The molecule has 2 aromatic rings. The van der Waals surface area contributed by atoms with Crippen molar-refractivity contribution in [1.82, 2.24) is 0 Å². The van der Waals surface area contributed by atoms with E-state index < -0.39 is 0 Å². The molecule has 0 N–H and O–H groups in total. The molecule has 4 nitrogen and oxygen atoms in total. The van der Waals surface area contributed by atoms with Crippen LogP contribution in [-0.2, 0) is 9.47 Å². The van der Waals surface area contributed by atoms with Crippen LogP contribution in [0.25, 0.3) is 0 Å². The summed E-state index contributed by atoms with van der Waals surface area (Å²) in [5.41, 5.74) is 1.09. The summed E-state index contributed by atoms with van der Waals surface area (Å²) in [7, 11) is 0. The first kappa shape index (κ1) is 17.9. The minimum Gasteiger partial charge on any atom is -0.462 e. The molecule has 0 aromatic heterocycles. The van der Waals surface area contributed by atoms with Crippen molar-refractivity contribution in [1.29, 1.82) is 0 Å². The lowest BCUT2D eigenvalue weighted by Gasteiger charge is -2.27. The van der Waals surface area contributed by atoms with Gasteiger partial charge in [0.25, 0.3) is 0 Å². The molecule has 0 saturated heterocycles. The molecule has 0 radical (unpaired) electrons. The number of hydrogen-bond acceptors (Lipinski definition) is 4. The van der Waals surface area contributed by atoms with Gasteiger partial charge in [0.15, 0.2) is 0 Å². The molecule has 0 fully saturated rings. The van der Waals surface area contributed by atoms with Crippen molar-refractivity contribution >= 4 is 11.9 Å². The van der Waals surface area contributed by atoms with Gasteiger partial charge in [0.2, 0.25) is 0 Å². The number of allylic oxidation sites excluding steroid dienone is 1. The smallest absolute Gasteiger partial charge is 0.338 e. The largest absolute Gasteiger partial charge is 0.462 e. The highest BCUT2D eigenvalue weighted by atomic mass is 16.5. The van der Waals surface area contributed by atoms with Crippen LogP contribution in [0.2, 0.25) is 0 Å².